The molecule has 1 saturated carbocycles. The van der Waals surface area contributed by atoms with Crippen LogP contribution in [0.4, 0.5) is 0 Å². The van der Waals surface area contributed by atoms with E-state index in [9.17, 15) is 13.2 Å². The average molecular weight is 262 g/mol. The standard InChI is InChI=1S/C11H22N2O3S/c1-9(2)13(17(3,15)16)8-7-12-11(14)10-5-4-6-10/h9-10H,4-8H2,1-3H3,(H,12,14). The Balaban J connectivity index is 2.34. The van der Waals surface area contributed by atoms with Crippen LogP contribution >= 0.6 is 0 Å². The Morgan fingerprint density at radius 1 is 1.41 bits per heavy atom. The molecular weight excluding hydrogens is 240 g/mol. The van der Waals surface area contributed by atoms with Crippen LogP contribution < -0.4 is 5.32 Å². The number of sulfonamides is 1. The summed E-state index contributed by atoms with van der Waals surface area (Å²) in [5.74, 6) is 0.217. The van der Waals surface area contributed by atoms with E-state index in [1.807, 2.05) is 13.8 Å². The number of nitrogens with one attached hydrogen (secondary N) is 1. The fraction of sp³-hybridized carbons (Fsp3) is 0.909. The van der Waals surface area contributed by atoms with E-state index in [0.29, 0.717) is 13.1 Å². The number of rotatable bonds is 6. The first-order valence-corrected chi connectivity index (χ1v) is 7.91. The molecule has 1 rings (SSSR count). The van der Waals surface area contributed by atoms with Crippen molar-refractivity contribution in [2.24, 2.45) is 5.92 Å². The summed E-state index contributed by atoms with van der Waals surface area (Å²) >= 11 is 0. The molecular formula is C11H22N2O3S. The minimum absolute atomic E-state index is 0.0634. The molecule has 0 aliphatic heterocycles. The van der Waals surface area contributed by atoms with Crippen LogP contribution in [0.2, 0.25) is 0 Å². The first-order valence-electron chi connectivity index (χ1n) is 6.07. The largest absolute Gasteiger partial charge is 0.355 e. The van der Waals surface area contributed by atoms with Gasteiger partial charge >= 0.3 is 0 Å². The van der Waals surface area contributed by atoms with E-state index in [-0.39, 0.29) is 17.9 Å². The fourth-order valence-corrected chi connectivity index (χ4v) is 3.10. The smallest absolute Gasteiger partial charge is 0.223 e. The van der Waals surface area contributed by atoms with Gasteiger partial charge < -0.3 is 5.32 Å². The maximum Gasteiger partial charge on any atom is 0.223 e. The van der Waals surface area contributed by atoms with Crippen LogP contribution in [0.5, 0.6) is 0 Å². The summed E-state index contributed by atoms with van der Waals surface area (Å²) in [5, 5.41) is 2.80. The molecule has 1 aliphatic rings. The van der Waals surface area contributed by atoms with Gasteiger partial charge in [0.1, 0.15) is 0 Å². The first kappa shape index (κ1) is 14.4. The predicted octanol–water partition coefficient (Wildman–Crippen LogP) is 0.573. The molecule has 0 heterocycles. The van der Waals surface area contributed by atoms with Crippen LogP contribution in [0.15, 0.2) is 0 Å². The molecule has 0 saturated heterocycles. The Morgan fingerprint density at radius 3 is 2.35 bits per heavy atom. The van der Waals surface area contributed by atoms with Gasteiger partial charge in [-0.3, -0.25) is 4.79 Å². The van der Waals surface area contributed by atoms with E-state index in [1.54, 1.807) is 0 Å². The Hall–Kier alpha value is -0.620. The van der Waals surface area contributed by atoms with E-state index in [1.165, 1.54) is 10.6 Å². The third-order valence-corrected chi connectivity index (χ3v) is 4.57. The van der Waals surface area contributed by atoms with E-state index in [0.717, 1.165) is 19.3 Å². The molecule has 0 aromatic heterocycles. The van der Waals surface area contributed by atoms with Crippen molar-refractivity contribution in [1.82, 2.24) is 9.62 Å². The summed E-state index contributed by atoms with van der Waals surface area (Å²) < 4.78 is 24.3. The molecule has 6 heteroatoms. The van der Waals surface area contributed by atoms with Crippen molar-refractivity contribution in [3.05, 3.63) is 0 Å². The molecule has 0 aromatic rings. The summed E-state index contributed by atoms with van der Waals surface area (Å²) in [6, 6.07) is -0.0781. The molecule has 0 aromatic carbocycles. The van der Waals surface area contributed by atoms with Crippen molar-refractivity contribution in [3.63, 3.8) is 0 Å². The number of nitrogens with zero attached hydrogens (tertiary/aromatic N) is 1. The molecule has 1 fully saturated rings. The van der Waals surface area contributed by atoms with Gasteiger partial charge in [0.25, 0.3) is 0 Å². The van der Waals surface area contributed by atoms with Gasteiger partial charge in [-0.1, -0.05) is 6.42 Å². The van der Waals surface area contributed by atoms with Gasteiger partial charge in [-0.25, -0.2) is 8.42 Å². The predicted molar refractivity (Wildman–Crippen MR) is 67.0 cm³/mol. The lowest BCUT2D eigenvalue weighted by atomic mass is 9.85. The molecule has 1 amide bonds. The van der Waals surface area contributed by atoms with Gasteiger partial charge in [-0.15, -0.1) is 0 Å². The SMILES string of the molecule is CC(C)N(CCNC(=O)C1CCC1)S(C)(=O)=O. The molecule has 5 nitrogen and oxygen atoms in total. The average Bonchev–Trinajstić information content (AvgIpc) is 2.06. The first-order chi connectivity index (χ1) is 7.82. The van der Waals surface area contributed by atoms with Crippen molar-refractivity contribution >= 4 is 15.9 Å². The van der Waals surface area contributed by atoms with Crippen LogP contribution in [0.25, 0.3) is 0 Å². The lowest BCUT2D eigenvalue weighted by molar-refractivity contribution is -0.127. The molecule has 1 N–H and O–H groups in total. The minimum Gasteiger partial charge on any atom is -0.355 e. The number of hydrogen-bond donors (Lipinski definition) is 1. The summed E-state index contributed by atoms with van der Waals surface area (Å²) in [4.78, 5) is 11.5. The van der Waals surface area contributed by atoms with Gasteiger partial charge in [-0.05, 0) is 26.7 Å². The van der Waals surface area contributed by atoms with E-state index >= 15 is 0 Å². The van der Waals surface area contributed by atoms with E-state index in [2.05, 4.69) is 5.32 Å². The third kappa shape index (κ3) is 4.27. The quantitative estimate of drug-likeness (QED) is 0.761. The highest BCUT2D eigenvalue weighted by Gasteiger charge is 2.25. The number of carbonyl (C=O) groups is 1. The van der Waals surface area contributed by atoms with Gasteiger partial charge in [0.2, 0.25) is 15.9 Å². The van der Waals surface area contributed by atoms with Crippen LogP contribution in [-0.4, -0.2) is 44.0 Å². The van der Waals surface area contributed by atoms with Crippen LogP contribution in [0.1, 0.15) is 33.1 Å². The second-order valence-electron chi connectivity index (χ2n) is 4.89. The molecule has 17 heavy (non-hydrogen) atoms. The lowest BCUT2D eigenvalue weighted by Crippen LogP contribution is -2.43. The highest BCUT2D eigenvalue weighted by atomic mass is 32.2. The Morgan fingerprint density at radius 2 is 2.00 bits per heavy atom. The van der Waals surface area contributed by atoms with Gasteiger partial charge in [-0.2, -0.15) is 4.31 Å². The fourth-order valence-electron chi connectivity index (χ4n) is 1.91. The topological polar surface area (TPSA) is 66.5 Å². The second kappa shape index (κ2) is 5.82. The maximum atomic E-state index is 11.5. The van der Waals surface area contributed by atoms with Gasteiger partial charge in [0.05, 0.1) is 6.26 Å². The van der Waals surface area contributed by atoms with Gasteiger partial charge in [0, 0.05) is 25.0 Å². The molecule has 0 radical (unpaired) electrons. The van der Waals surface area contributed by atoms with Crippen molar-refractivity contribution in [2.45, 2.75) is 39.2 Å². The molecule has 0 spiro atoms. The molecule has 1 aliphatic carbocycles. The Kier molecular flexibility index (Phi) is 4.94. The highest BCUT2D eigenvalue weighted by Crippen LogP contribution is 2.25. The number of hydrogen-bond acceptors (Lipinski definition) is 3. The summed E-state index contributed by atoms with van der Waals surface area (Å²) in [6.07, 6.45) is 4.25. The van der Waals surface area contributed by atoms with Crippen LogP contribution in [-0.2, 0) is 14.8 Å². The van der Waals surface area contributed by atoms with Crippen molar-refractivity contribution in [2.75, 3.05) is 19.3 Å². The van der Waals surface area contributed by atoms with Gasteiger partial charge in [0.15, 0.2) is 0 Å². The Labute approximate surface area is 104 Å². The molecule has 0 atom stereocenters. The van der Waals surface area contributed by atoms with E-state index in [4.69, 9.17) is 0 Å². The van der Waals surface area contributed by atoms with Crippen molar-refractivity contribution < 1.29 is 13.2 Å². The Bertz CT molecular complexity index is 361. The zero-order valence-corrected chi connectivity index (χ0v) is 11.6. The second-order valence-corrected chi connectivity index (χ2v) is 6.82. The number of amides is 1. The van der Waals surface area contributed by atoms with Crippen LogP contribution in [0, 0.1) is 5.92 Å². The molecule has 0 bridgehead atoms. The monoisotopic (exact) mass is 262 g/mol. The summed E-state index contributed by atoms with van der Waals surface area (Å²) in [6.45, 7) is 4.39. The van der Waals surface area contributed by atoms with Crippen LogP contribution in [0.3, 0.4) is 0 Å². The molecule has 100 valence electrons. The van der Waals surface area contributed by atoms with Crippen molar-refractivity contribution in [1.29, 1.82) is 0 Å². The molecule has 0 unspecified atom stereocenters. The van der Waals surface area contributed by atoms with Crippen molar-refractivity contribution in [3.8, 4) is 0 Å². The lowest BCUT2D eigenvalue weighted by Gasteiger charge is -2.26. The van der Waals surface area contributed by atoms with E-state index < -0.39 is 10.0 Å². The minimum atomic E-state index is -3.19. The summed E-state index contributed by atoms with van der Waals surface area (Å²) in [5.41, 5.74) is 0. The zero-order valence-electron chi connectivity index (χ0n) is 10.8. The normalized spacial score (nSPS) is 17.2. The number of carbonyl (C=O) groups excluding carboxylic acids is 1. The maximum absolute atomic E-state index is 11.5. The third-order valence-electron chi connectivity index (χ3n) is 3.11. The summed E-state index contributed by atoms with van der Waals surface area (Å²) in [7, 11) is -3.19. The highest BCUT2D eigenvalue weighted by molar-refractivity contribution is 7.88. The zero-order chi connectivity index (χ0) is 13.1.